The fourth-order valence-electron chi connectivity index (χ4n) is 3.14. The highest BCUT2D eigenvalue weighted by atomic mass is 35.5. The first kappa shape index (κ1) is 17.9. The van der Waals surface area contributed by atoms with Crippen LogP contribution in [0.1, 0.15) is 16.8 Å². The third-order valence-electron chi connectivity index (χ3n) is 4.57. The number of nitrogens with one attached hydrogen (secondary N) is 1. The van der Waals surface area contributed by atoms with Gasteiger partial charge >= 0.3 is 0 Å². The zero-order chi connectivity index (χ0) is 18.6. The molecule has 6 nitrogen and oxygen atoms in total. The van der Waals surface area contributed by atoms with Crippen LogP contribution in [0.25, 0.3) is 0 Å². The molecule has 2 aromatic carbocycles. The number of benzene rings is 2. The van der Waals surface area contributed by atoms with E-state index in [0.29, 0.717) is 35.3 Å². The Morgan fingerprint density at radius 2 is 1.74 bits per heavy atom. The minimum atomic E-state index is -0.244. The summed E-state index contributed by atoms with van der Waals surface area (Å²) < 4.78 is 16.6. The van der Waals surface area contributed by atoms with Crippen molar-refractivity contribution in [2.24, 2.45) is 0 Å². The van der Waals surface area contributed by atoms with Crippen molar-refractivity contribution in [3.05, 3.63) is 47.0 Å². The molecule has 1 N–H and O–H groups in total. The molecule has 0 saturated carbocycles. The van der Waals surface area contributed by atoms with Crippen molar-refractivity contribution in [2.75, 3.05) is 49.7 Å². The van der Waals surface area contributed by atoms with Gasteiger partial charge in [-0.2, -0.15) is 0 Å². The normalized spacial score (nSPS) is 16.6. The number of ether oxygens (including phenoxy) is 3. The van der Waals surface area contributed by atoms with Gasteiger partial charge in [0.1, 0.15) is 0 Å². The number of carbonyl (C=O) groups excluding carboxylic acids is 1. The van der Waals surface area contributed by atoms with Gasteiger partial charge < -0.3 is 24.4 Å². The molecule has 0 aliphatic carbocycles. The summed E-state index contributed by atoms with van der Waals surface area (Å²) in [6.07, 6.45) is 0.780. The number of hydrogen-bond donors (Lipinski definition) is 1. The van der Waals surface area contributed by atoms with Crippen molar-refractivity contribution in [3.63, 3.8) is 0 Å². The molecule has 27 heavy (non-hydrogen) atoms. The molecule has 2 aromatic rings. The molecule has 7 heteroatoms. The van der Waals surface area contributed by atoms with Crippen molar-refractivity contribution in [1.29, 1.82) is 0 Å². The Morgan fingerprint density at radius 3 is 2.52 bits per heavy atom. The van der Waals surface area contributed by atoms with E-state index in [9.17, 15) is 4.79 Å². The molecule has 0 spiro atoms. The van der Waals surface area contributed by atoms with Gasteiger partial charge in [0.25, 0.3) is 5.91 Å². The molecule has 2 aliphatic rings. The summed E-state index contributed by atoms with van der Waals surface area (Å²) in [5.41, 5.74) is 2.27. The number of amides is 1. The summed E-state index contributed by atoms with van der Waals surface area (Å²) in [6, 6.07) is 11.1. The number of rotatable bonds is 3. The maximum Gasteiger partial charge on any atom is 0.255 e. The molecule has 0 atom stereocenters. The summed E-state index contributed by atoms with van der Waals surface area (Å²) in [6.45, 7) is 4.32. The predicted molar refractivity (Wildman–Crippen MR) is 104 cm³/mol. The summed E-state index contributed by atoms with van der Waals surface area (Å²) in [5.74, 6) is 0.764. The first-order chi connectivity index (χ1) is 13.2. The van der Waals surface area contributed by atoms with Crippen molar-refractivity contribution in [1.82, 2.24) is 0 Å². The van der Waals surface area contributed by atoms with E-state index in [-0.39, 0.29) is 5.91 Å². The highest BCUT2D eigenvalue weighted by molar-refractivity contribution is 6.32. The number of carbonyl (C=O) groups is 1. The van der Waals surface area contributed by atoms with Crippen LogP contribution in [0.4, 0.5) is 11.4 Å². The number of nitrogens with zero attached hydrogens (tertiary/aromatic N) is 1. The zero-order valence-electron chi connectivity index (χ0n) is 14.9. The predicted octanol–water partition coefficient (Wildman–Crippen LogP) is 3.59. The summed E-state index contributed by atoms with van der Waals surface area (Å²) in [5, 5.41) is 3.28. The lowest BCUT2D eigenvalue weighted by Crippen LogP contribution is -2.36. The fraction of sp³-hybridized carbons (Fsp3) is 0.350. The number of halogens is 1. The van der Waals surface area contributed by atoms with Crippen molar-refractivity contribution in [3.8, 4) is 11.5 Å². The smallest absolute Gasteiger partial charge is 0.255 e. The van der Waals surface area contributed by atoms with E-state index in [1.807, 2.05) is 24.3 Å². The Labute approximate surface area is 163 Å². The summed E-state index contributed by atoms with van der Waals surface area (Å²) in [4.78, 5) is 14.9. The molecule has 0 aromatic heterocycles. The Bertz CT molecular complexity index is 819. The maximum atomic E-state index is 12.6. The Hall–Kier alpha value is -2.44. The second-order valence-electron chi connectivity index (χ2n) is 6.44. The molecular weight excluding hydrogens is 368 g/mol. The van der Waals surface area contributed by atoms with Crippen LogP contribution >= 0.6 is 11.6 Å². The molecule has 142 valence electrons. The number of hydrogen-bond acceptors (Lipinski definition) is 5. The maximum absolute atomic E-state index is 12.6. The third kappa shape index (κ3) is 4.12. The molecule has 2 aliphatic heterocycles. The number of fused-ring (bicyclic) bond motifs is 1. The Morgan fingerprint density at radius 1 is 1.00 bits per heavy atom. The van der Waals surface area contributed by atoms with Crippen molar-refractivity contribution < 1.29 is 19.0 Å². The number of morpholine rings is 1. The zero-order valence-corrected chi connectivity index (χ0v) is 15.6. The SMILES string of the molecule is O=C(Nc1ccc(N2CCOCC2)cc1)c1cc(Cl)c2c(c1)OCCCO2. The lowest BCUT2D eigenvalue weighted by Gasteiger charge is -2.28. The van der Waals surface area contributed by atoms with Gasteiger partial charge in [0, 0.05) is 36.4 Å². The van der Waals surface area contributed by atoms with Crippen LogP contribution in [-0.2, 0) is 4.74 Å². The van der Waals surface area contributed by atoms with Gasteiger partial charge in [-0.15, -0.1) is 0 Å². The molecule has 0 unspecified atom stereocenters. The van der Waals surface area contributed by atoms with E-state index in [1.165, 1.54) is 0 Å². The molecule has 1 amide bonds. The average molecular weight is 389 g/mol. The van der Waals surface area contributed by atoms with E-state index in [4.69, 9.17) is 25.8 Å². The highest BCUT2D eigenvalue weighted by Crippen LogP contribution is 2.38. The van der Waals surface area contributed by atoms with Gasteiger partial charge in [0.05, 0.1) is 31.5 Å². The first-order valence-corrected chi connectivity index (χ1v) is 9.42. The minimum Gasteiger partial charge on any atom is -0.489 e. The molecule has 0 radical (unpaired) electrons. The highest BCUT2D eigenvalue weighted by Gasteiger charge is 2.19. The van der Waals surface area contributed by atoms with Gasteiger partial charge in [-0.25, -0.2) is 0 Å². The van der Waals surface area contributed by atoms with Gasteiger partial charge in [-0.1, -0.05) is 11.6 Å². The average Bonchev–Trinajstić information content (AvgIpc) is 2.95. The lowest BCUT2D eigenvalue weighted by atomic mass is 10.1. The van der Waals surface area contributed by atoms with Crippen LogP contribution in [0.2, 0.25) is 5.02 Å². The third-order valence-corrected chi connectivity index (χ3v) is 4.85. The summed E-state index contributed by atoms with van der Waals surface area (Å²) in [7, 11) is 0. The monoisotopic (exact) mass is 388 g/mol. The first-order valence-electron chi connectivity index (χ1n) is 9.04. The Kier molecular flexibility index (Phi) is 5.36. The van der Waals surface area contributed by atoms with Gasteiger partial charge in [0.2, 0.25) is 0 Å². The molecule has 1 saturated heterocycles. The fourth-order valence-corrected chi connectivity index (χ4v) is 3.41. The topological polar surface area (TPSA) is 60.0 Å². The van der Waals surface area contributed by atoms with Crippen molar-refractivity contribution in [2.45, 2.75) is 6.42 Å². The quantitative estimate of drug-likeness (QED) is 0.870. The van der Waals surface area contributed by atoms with Gasteiger partial charge in [-0.3, -0.25) is 4.79 Å². The van der Waals surface area contributed by atoms with Gasteiger partial charge in [0.15, 0.2) is 11.5 Å². The van der Waals surface area contributed by atoms with Crippen LogP contribution in [0.3, 0.4) is 0 Å². The number of anilines is 2. The van der Waals surface area contributed by atoms with E-state index in [2.05, 4.69) is 10.2 Å². The molecule has 4 rings (SSSR count). The minimum absolute atomic E-state index is 0.244. The largest absolute Gasteiger partial charge is 0.489 e. The van der Waals surface area contributed by atoms with E-state index >= 15 is 0 Å². The van der Waals surface area contributed by atoms with E-state index in [0.717, 1.165) is 44.1 Å². The van der Waals surface area contributed by atoms with Crippen LogP contribution in [0.15, 0.2) is 36.4 Å². The molecule has 0 bridgehead atoms. The van der Waals surface area contributed by atoms with Crippen LogP contribution in [-0.4, -0.2) is 45.4 Å². The van der Waals surface area contributed by atoms with Crippen molar-refractivity contribution >= 4 is 28.9 Å². The second kappa shape index (κ2) is 8.06. The van der Waals surface area contributed by atoms with Crippen LogP contribution < -0.4 is 19.7 Å². The lowest BCUT2D eigenvalue weighted by molar-refractivity contribution is 0.102. The van der Waals surface area contributed by atoms with E-state index in [1.54, 1.807) is 12.1 Å². The van der Waals surface area contributed by atoms with Gasteiger partial charge in [-0.05, 0) is 36.4 Å². The van der Waals surface area contributed by atoms with E-state index < -0.39 is 0 Å². The molecule has 1 fully saturated rings. The summed E-state index contributed by atoms with van der Waals surface area (Å²) >= 11 is 6.27. The van der Waals surface area contributed by atoms with Crippen LogP contribution in [0.5, 0.6) is 11.5 Å². The Balaban J connectivity index is 1.47. The molecule has 2 heterocycles. The standard InChI is InChI=1S/C20H21ClN2O4/c21-17-12-14(13-18-19(17)27-9-1-8-26-18)20(24)22-15-2-4-16(5-3-15)23-6-10-25-11-7-23/h2-5,12-13H,1,6-11H2,(H,22,24). The van der Waals surface area contributed by atoms with Crippen LogP contribution in [0, 0.1) is 0 Å². The molecular formula is C20H21ClN2O4. The second-order valence-corrected chi connectivity index (χ2v) is 6.84.